The number of hydrogen-bond acceptors (Lipinski definition) is 3. The van der Waals surface area contributed by atoms with Gasteiger partial charge >= 0.3 is 11.9 Å². The van der Waals surface area contributed by atoms with Crippen LogP contribution in [-0.2, 0) is 14.4 Å². The molecule has 6 heteroatoms. The van der Waals surface area contributed by atoms with Gasteiger partial charge in [-0.1, -0.05) is 11.6 Å². The molecule has 0 amide bonds. The van der Waals surface area contributed by atoms with Crippen molar-refractivity contribution in [2.45, 2.75) is 6.92 Å². The molecular weight excluding hydrogens is 200 g/mol. The Kier molecular flexibility index (Phi) is 4.13. The first-order valence-corrected chi connectivity index (χ1v) is 3.61. The first-order valence-electron chi connectivity index (χ1n) is 3.23. The summed E-state index contributed by atoms with van der Waals surface area (Å²) in [7, 11) is 0. The van der Waals surface area contributed by atoms with Crippen molar-refractivity contribution >= 4 is 29.3 Å². The van der Waals surface area contributed by atoms with Crippen LogP contribution in [-0.4, -0.2) is 27.9 Å². The lowest BCUT2D eigenvalue weighted by molar-refractivity contribution is -0.144. The van der Waals surface area contributed by atoms with Crippen LogP contribution in [0.5, 0.6) is 0 Å². The molecule has 0 spiro atoms. The predicted octanol–water partition coefficient (Wildman–Crippen LogP) is 0.483. The number of carbonyl (C=O) groups is 3. The van der Waals surface area contributed by atoms with Gasteiger partial charge in [-0.3, -0.25) is 9.59 Å². The van der Waals surface area contributed by atoms with Crippen LogP contribution in [0.4, 0.5) is 0 Å². The highest BCUT2D eigenvalue weighted by molar-refractivity contribution is 6.42. The van der Waals surface area contributed by atoms with E-state index >= 15 is 0 Å². The van der Waals surface area contributed by atoms with Gasteiger partial charge < -0.3 is 10.2 Å². The second-order valence-corrected chi connectivity index (χ2v) is 2.67. The number of carbonyl (C=O) groups excluding carboxylic acids is 1. The maximum atomic E-state index is 10.9. The van der Waals surface area contributed by atoms with E-state index in [1.807, 2.05) is 0 Å². The van der Waals surface area contributed by atoms with E-state index in [9.17, 15) is 14.4 Å². The van der Waals surface area contributed by atoms with Gasteiger partial charge in [0.25, 0.3) is 0 Å². The Morgan fingerprint density at radius 3 is 2.08 bits per heavy atom. The van der Waals surface area contributed by atoms with Gasteiger partial charge in [-0.05, 0) is 6.92 Å². The van der Waals surface area contributed by atoms with Crippen molar-refractivity contribution in [1.29, 1.82) is 0 Å². The normalized spacial score (nSPS) is 13.5. The van der Waals surface area contributed by atoms with E-state index in [0.29, 0.717) is 6.08 Å². The van der Waals surface area contributed by atoms with Crippen molar-refractivity contribution in [2.24, 2.45) is 5.92 Å². The zero-order chi connectivity index (χ0) is 10.6. The van der Waals surface area contributed by atoms with Gasteiger partial charge in [0.15, 0.2) is 5.78 Å². The molecule has 0 aliphatic rings. The number of hydrogen-bond donors (Lipinski definition) is 2. The predicted molar refractivity (Wildman–Crippen MR) is 43.4 cm³/mol. The quantitative estimate of drug-likeness (QED) is 0.516. The molecule has 13 heavy (non-hydrogen) atoms. The van der Waals surface area contributed by atoms with Crippen LogP contribution >= 0.6 is 11.6 Å². The molecule has 0 rings (SSSR count). The zero-order valence-corrected chi connectivity index (χ0v) is 7.41. The van der Waals surface area contributed by atoms with Gasteiger partial charge in [0.2, 0.25) is 0 Å². The molecule has 0 radical (unpaired) electrons. The Morgan fingerprint density at radius 1 is 1.31 bits per heavy atom. The molecule has 0 aromatic carbocycles. The number of carboxylic acids is 2. The summed E-state index contributed by atoms with van der Waals surface area (Å²) in [6.07, 6.45) is 0.586. The molecule has 0 aromatic heterocycles. The van der Waals surface area contributed by atoms with Crippen LogP contribution < -0.4 is 0 Å². The molecule has 1 unspecified atom stereocenters. The molecule has 0 aliphatic heterocycles. The molecule has 72 valence electrons. The monoisotopic (exact) mass is 206 g/mol. The van der Waals surface area contributed by atoms with Crippen molar-refractivity contribution in [3.8, 4) is 0 Å². The highest BCUT2D eigenvalue weighted by Gasteiger charge is 2.19. The Hall–Kier alpha value is -1.36. The molecule has 0 saturated heterocycles. The molecule has 0 saturated carbocycles. The van der Waals surface area contributed by atoms with Gasteiger partial charge in [0.1, 0.15) is 11.0 Å². The molecule has 1 atom stereocenters. The lowest BCUT2D eigenvalue weighted by atomic mass is 10.1. The first kappa shape index (κ1) is 11.6. The topological polar surface area (TPSA) is 91.7 Å². The standard InChI is InChI=1S/C7H7ClO5/c1-3(6(10)11)5(9)2-4(8)7(12)13/h2-3H,1H3,(H,10,11)(H,12,13)/b4-2+. The van der Waals surface area contributed by atoms with Crippen LogP contribution in [0.1, 0.15) is 6.92 Å². The third kappa shape index (κ3) is 3.71. The highest BCUT2D eigenvalue weighted by Crippen LogP contribution is 2.05. The summed E-state index contributed by atoms with van der Waals surface area (Å²) in [5.74, 6) is -4.92. The van der Waals surface area contributed by atoms with E-state index in [1.54, 1.807) is 0 Å². The molecule has 2 N–H and O–H groups in total. The second kappa shape index (κ2) is 4.61. The van der Waals surface area contributed by atoms with Gasteiger partial charge in [-0.2, -0.15) is 0 Å². The maximum Gasteiger partial charge on any atom is 0.347 e. The summed E-state index contributed by atoms with van der Waals surface area (Å²) < 4.78 is 0. The number of rotatable bonds is 4. The number of ketones is 1. The summed E-state index contributed by atoms with van der Waals surface area (Å²) in [4.78, 5) is 31.3. The molecule has 5 nitrogen and oxygen atoms in total. The van der Waals surface area contributed by atoms with Gasteiger partial charge in [0.05, 0.1) is 0 Å². The van der Waals surface area contributed by atoms with Gasteiger partial charge in [0, 0.05) is 6.08 Å². The maximum absolute atomic E-state index is 10.9. The number of aliphatic carboxylic acids is 2. The van der Waals surface area contributed by atoms with Crippen molar-refractivity contribution in [2.75, 3.05) is 0 Å². The Labute approximate surface area is 78.6 Å². The SMILES string of the molecule is CC(C(=O)O)C(=O)/C=C(/Cl)C(=O)O. The summed E-state index contributed by atoms with van der Waals surface area (Å²) in [6.45, 7) is 1.15. The third-order valence-corrected chi connectivity index (χ3v) is 1.54. The second-order valence-electron chi connectivity index (χ2n) is 2.26. The van der Waals surface area contributed by atoms with Crippen molar-refractivity contribution in [1.82, 2.24) is 0 Å². The minimum absolute atomic E-state index is 0.586. The van der Waals surface area contributed by atoms with E-state index in [2.05, 4.69) is 0 Å². The Bertz CT molecular complexity index is 281. The average Bonchev–Trinajstić information content (AvgIpc) is 2.02. The summed E-state index contributed by atoms with van der Waals surface area (Å²) in [5, 5.41) is 15.9. The van der Waals surface area contributed by atoms with Gasteiger partial charge in [-0.25, -0.2) is 4.79 Å². The van der Waals surface area contributed by atoms with E-state index in [-0.39, 0.29) is 0 Å². The summed E-state index contributed by atoms with van der Waals surface area (Å²) in [5.41, 5.74) is 0. The number of carboxylic acid groups (broad SMARTS) is 2. The van der Waals surface area contributed by atoms with Crippen molar-refractivity contribution < 1.29 is 24.6 Å². The molecule has 0 aromatic rings. The Balaban J connectivity index is 4.56. The fraction of sp³-hybridized carbons (Fsp3) is 0.286. The van der Waals surface area contributed by atoms with E-state index in [4.69, 9.17) is 21.8 Å². The number of halogens is 1. The zero-order valence-electron chi connectivity index (χ0n) is 6.65. The van der Waals surface area contributed by atoms with Crippen LogP contribution in [0, 0.1) is 5.92 Å². The minimum Gasteiger partial charge on any atom is -0.481 e. The lowest BCUT2D eigenvalue weighted by Gasteiger charge is -1.99. The van der Waals surface area contributed by atoms with Crippen LogP contribution in [0.15, 0.2) is 11.1 Å². The molecule has 0 bridgehead atoms. The largest absolute Gasteiger partial charge is 0.481 e. The average molecular weight is 207 g/mol. The number of allylic oxidation sites excluding steroid dienone is 1. The van der Waals surface area contributed by atoms with Crippen LogP contribution in [0.25, 0.3) is 0 Å². The fourth-order valence-electron chi connectivity index (χ4n) is 0.433. The molecule has 0 aliphatic carbocycles. The van der Waals surface area contributed by atoms with E-state index in [0.717, 1.165) is 6.92 Å². The van der Waals surface area contributed by atoms with E-state index < -0.39 is 28.7 Å². The van der Waals surface area contributed by atoms with E-state index in [1.165, 1.54) is 0 Å². The van der Waals surface area contributed by atoms with Crippen molar-refractivity contribution in [3.63, 3.8) is 0 Å². The highest BCUT2D eigenvalue weighted by atomic mass is 35.5. The molecule has 0 fully saturated rings. The summed E-state index contributed by atoms with van der Waals surface area (Å²) in [6, 6.07) is 0. The Morgan fingerprint density at radius 2 is 1.77 bits per heavy atom. The minimum atomic E-state index is -1.47. The molecule has 0 heterocycles. The molecular formula is C7H7ClO5. The first-order chi connectivity index (χ1) is 5.86. The van der Waals surface area contributed by atoms with Gasteiger partial charge in [-0.15, -0.1) is 0 Å². The van der Waals surface area contributed by atoms with Crippen LogP contribution in [0.2, 0.25) is 0 Å². The lowest BCUT2D eigenvalue weighted by Crippen LogP contribution is -2.19. The fourth-order valence-corrected chi connectivity index (χ4v) is 0.541. The smallest absolute Gasteiger partial charge is 0.347 e. The van der Waals surface area contributed by atoms with Crippen LogP contribution in [0.3, 0.4) is 0 Å². The third-order valence-electron chi connectivity index (χ3n) is 1.27. The summed E-state index contributed by atoms with van der Waals surface area (Å²) >= 11 is 5.11. The van der Waals surface area contributed by atoms with Crippen molar-refractivity contribution in [3.05, 3.63) is 11.1 Å².